The van der Waals surface area contributed by atoms with Gasteiger partial charge in [-0.05, 0) is 12.8 Å². The number of carboxylic acids is 1. The SMILES string of the molecule is O=C(O)CCS(=O)(=O)NC1CCCOC1. The second kappa shape index (κ2) is 5.43. The molecule has 1 fully saturated rings. The van der Waals surface area contributed by atoms with Gasteiger partial charge in [-0.15, -0.1) is 0 Å². The molecule has 0 bridgehead atoms. The third kappa shape index (κ3) is 5.10. The lowest BCUT2D eigenvalue weighted by Gasteiger charge is -2.22. The van der Waals surface area contributed by atoms with Gasteiger partial charge >= 0.3 is 5.97 Å². The largest absolute Gasteiger partial charge is 0.481 e. The molecule has 1 saturated heterocycles. The van der Waals surface area contributed by atoms with Crippen molar-refractivity contribution in [1.29, 1.82) is 0 Å². The van der Waals surface area contributed by atoms with Gasteiger partial charge in [0.2, 0.25) is 10.0 Å². The molecule has 0 aromatic heterocycles. The Kier molecular flexibility index (Phi) is 4.49. The predicted octanol–water partition coefficient (Wildman–Crippen LogP) is -0.440. The van der Waals surface area contributed by atoms with E-state index in [1.807, 2.05) is 0 Å². The van der Waals surface area contributed by atoms with E-state index in [2.05, 4.69) is 4.72 Å². The average molecular weight is 237 g/mol. The second-order valence-corrected chi connectivity index (χ2v) is 5.37. The first-order valence-electron chi connectivity index (χ1n) is 4.79. The molecule has 6 nitrogen and oxygen atoms in total. The van der Waals surface area contributed by atoms with Crippen LogP contribution in [0, 0.1) is 0 Å². The number of rotatable bonds is 5. The maximum absolute atomic E-state index is 11.4. The van der Waals surface area contributed by atoms with Gasteiger partial charge in [0.1, 0.15) is 0 Å². The number of sulfonamides is 1. The van der Waals surface area contributed by atoms with E-state index in [9.17, 15) is 13.2 Å². The summed E-state index contributed by atoms with van der Waals surface area (Å²) in [5, 5.41) is 8.37. The van der Waals surface area contributed by atoms with E-state index in [0.717, 1.165) is 12.8 Å². The molecule has 0 aromatic rings. The van der Waals surface area contributed by atoms with Crippen molar-refractivity contribution < 1.29 is 23.1 Å². The quantitative estimate of drug-likeness (QED) is 0.676. The van der Waals surface area contributed by atoms with Gasteiger partial charge in [0.25, 0.3) is 0 Å². The van der Waals surface area contributed by atoms with Crippen LogP contribution < -0.4 is 4.72 Å². The smallest absolute Gasteiger partial charge is 0.304 e. The zero-order valence-corrected chi connectivity index (χ0v) is 9.12. The van der Waals surface area contributed by atoms with Gasteiger partial charge in [-0.25, -0.2) is 13.1 Å². The van der Waals surface area contributed by atoms with E-state index in [1.165, 1.54) is 0 Å². The number of aliphatic carboxylic acids is 1. The molecule has 88 valence electrons. The lowest BCUT2D eigenvalue weighted by Crippen LogP contribution is -2.41. The Hall–Kier alpha value is -0.660. The highest BCUT2D eigenvalue weighted by Gasteiger charge is 2.20. The van der Waals surface area contributed by atoms with Crippen molar-refractivity contribution in [2.45, 2.75) is 25.3 Å². The Morgan fingerprint density at radius 2 is 2.27 bits per heavy atom. The highest BCUT2D eigenvalue weighted by molar-refractivity contribution is 7.89. The molecule has 1 atom stereocenters. The van der Waals surface area contributed by atoms with Gasteiger partial charge in [-0.3, -0.25) is 4.79 Å². The van der Waals surface area contributed by atoms with Crippen LogP contribution in [-0.4, -0.2) is 44.5 Å². The molecule has 1 heterocycles. The summed E-state index contributed by atoms with van der Waals surface area (Å²) >= 11 is 0. The van der Waals surface area contributed by atoms with Crippen LogP contribution >= 0.6 is 0 Å². The van der Waals surface area contributed by atoms with Gasteiger partial charge in [0.05, 0.1) is 18.8 Å². The number of nitrogens with one attached hydrogen (secondary N) is 1. The minimum absolute atomic E-state index is 0.211. The first-order valence-corrected chi connectivity index (χ1v) is 6.44. The zero-order valence-electron chi connectivity index (χ0n) is 8.31. The van der Waals surface area contributed by atoms with Crippen molar-refractivity contribution in [3.63, 3.8) is 0 Å². The fourth-order valence-electron chi connectivity index (χ4n) is 1.37. The van der Waals surface area contributed by atoms with Gasteiger partial charge < -0.3 is 9.84 Å². The Morgan fingerprint density at radius 1 is 1.53 bits per heavy atom. The lowest BCUT2D eigenvalue weighted by molar-refractivity contribution is -0.136. The average Bonchev–Trinajstić information content (AvgIpc) is 2.16. The molecule has 1 rings (SSSR count). The molecular weight excluding hydrogens is 222 g/mol. The normalized spacial score (nSPS) is 22.5. The summed E-state index contributed by atoms with van der Waals surface area (Å²) in [7, 11) is -3.49. The van der Waals surface area contributed by atoms with Crippen LogP contribution in [-0.2, 0) is 19.6 Å². The molecule has 1 unspecified atom stereocenters. The lowest BCUT2D eigenvalue weighted by atomic mass is 10.1. The minimum atomic E-state index is -3.49. The predicted molar refractivity (Wildman–Crippen MR) is 53.0 cm³/mol. The molecular formula is C8H15NO5S. The summed E-state index contributed by atoms with van der Waals surface area (Å²) in [5.41, 5.74) is 0. The number of hydrogen-bond acceptors (Lipinski definition) is 4. The molecule has 0 amide bonds. The molecule has 0 spiro atoms. The summed E-state index contributed by atoms with van der Waals surface area (Å²) in [4.78, 5) is 10.2. The van der Waals surface area contributed by atoms with Gasteiger partial charge in [0.15, 0.2) is 0 Å². The van der Waals surface area contributed by atoms with E-state index >= 15 is 0 Å². The molecule has 1 aliphatic heterocycles. The van der Waals surface area contributed by atoms with Crippen molar-refractivity contribution in [3.05, 3.63) is 0 Å². The Bertz CT molecular complexity index is 307. The summed E-state index contributed by atoms with van der Waals surface area (Å²) in [6.45, 7) is 1.03. The molecule has 0 saturated carbocycles. The number of ether oxygens (including phenoxy) is 1. The Balaban J connectivity index is 2.37. The molecule has 15 heavy (non-hydrogen) atoms. The van der Waals surface area contributed by atoms with Crippen LogP contribution in [0.5, 0.6) is 0 Å². The van der Waals surface area contributed by atoms with Crippen LogP contribution in [0.15, 0.2) is 0 Å². The topological polar surface area (TPSA) is 92.7 Å². The fraction of sp³-hybridized carbons (Fsp3) is 0.875. The van der Waals surface area contributed by atoms with Crippen LogP contribution in [0.2, 0.25) is 0 Å². The monoisotopic (exact) mass is 237 g/mol. The first kappa shape index (κ1) is 12.4. The molecule has 1 aliphatic rings. The Morgan fingerprint density at radius 3 is 2.80 bits per heavy atom. The van der Waals surface area contributed by atoms with Crippen molar-refractivity contribution >= 4 is 16.0 Å². The summed E-state index contributed by atoms with van der Waals surface area (Å²) in [6, 6.07) is -0.211. The van der Waals surface area contributed by atoms with E-state index < -0.39 is 16.0 Å². The second-order valence-electron chi connectivity index (χ2n) is 3.49. The highest BCUT2D eigenvalue weighted by atomic mass is 32.2. The Labute approximate surface area is 88.7 Å². The number of carboxylic acid groups (broad SMARTS) is 1. The summed E-state index contributed by atoms with van der Waals surface area (Å²) in [5.74, 6) is -1.49. The van der Waals surface area contributed by atoms with E-state index in [4.69, 9.17) is 9.84 Å². The maximum atomic E-state index is 11.4. The minimum Gasteiger partial charge on any atom is -0.481 e. The summed E-state index contributed by atoms with van der Waals surface area (Å²) in [6.07, 6.45) is 1.20. The molecule has 0 aromatic carbocycles. The van der Waals surface area contributed by atoms with E-state index in [-0.39, 0.29) is 18.2 Å². The van der Waals surface area contributed by atoms with Crippen molar-refractivity contribution in [3.8, 4) is 0 Å². The molecule has 7 heteroatoms. The third-order valence-electron chi connectivity index (χ3n) is 2.09. The van der Waals surface area contributed by atoms with Gasteiger partial charge in [-0.2, -0.15) is 0 Å². The highest BCUT2D eigenvalue weighted by Crippen LogP contribution is 2.07. The molecule has 2 N–H and O–H groups in total. The van der Waals surface area contributed by atoms with Crippen LogP contribution in [0.4, 0.5) is 0 Å². The number of hydrogen-bond donors (Lipinski definition) is 2. The van der Waals surface area contributed by atoms with Crippen LogP contribution in [0.25, 0.3) is 0 Å². The van der Waals surface area contributed by atoms with Crippen LogP contribution in [0.3, 0.4) is 0 Å². The van der Waals surface area contributed by atoms with Gasteiger partial charge in [-0.1, -0.05) is 0 Å². The maximum Gasteiger partial charge on any atom is 0.304 e. The number of carbonyl (C=O) groups is 1. The standard InChI is InChI=1S/C8H15NO5S/c10-8(11)3-5-15(12,13)9-7-2-1-4-14-6-7/h7,9H,1-6H2,(H,10,11). The first-order chi connectivity index (χ1) is 6.99. The van der Waals surface area contributed by atoms with Crippen molar-refractivity contribution in [1.82, 2.24) is 4.72 Å². The molecule has 0 radical (unpaired) electrons. The molecule has 0 aliphatic carbocycles. The third-order valence-corrected chi connectivity index (χ3v) is 3.53. The van der Waals surface area contributed by atoms with Crippen molar-refractivity contribution in [2.75, 3.05) is 19.0 Å². The van der Waals surface area contributed by atoms with Crippen molar-refractivity contribution in [2.24, 2.45) is 0 Å². The zero-order chi connectivity index (χ0) is 11.3. The summed E-state index contributed by atoms with van der Waals surface area (Å²) < 4.78 is 30.3. The van der Waals surface area contributed by atoms with E-state index in [1.54, 1.807) is 0 Å². The van der Waals surface area contributed by atoms with Crippen LogP contribution in [0.1, 0.15) is 19.3 Å². The van der Waals surface area contributed by atoms with E-state index in [0.29, 0.717) is 13.2 Å². The van der Waals surface area contributed by atoms with Gasteiger partial charge in [0, 0.05) is 12.6 Å². The fourth-order valence-corrected chi connectivity index (χ4v) is 2.62.